The van der Waals surface area contributed by atoms with Crippen molar-refractivity contribution in [1.82, 2.24) is 5.32 Å². The lowest BCUT2D eigenvalue weighted by Crippen LogP contribution is -2.28. The molecule has 0 saturated carbocycles. The Balaban J connectivity index is 2.19. The lowest BCUT2D eigenvalue weighted by Gasteiger charge is -2.16. The monoisotopic (exact) mass is 201 g/mol. The van der Waals surface area contributed by atoms with Gasteiger partial charge in [-0.25, -0.2) is 0 Å². The molecule has 1 heteroatoms. The van der Waals surface area contributed by atoms with Crippen LogP contribution in [-0.4, -0.2) is 12.6 Å². The van der Waals surface area contributed by atoms with Crippen LogP contribution < -0.4 is 5.32 Å². The van der Waals surface area contributed by atoms with Gasteiger partial charge in [0.2, 0.25) is 0 Å². The zero-order valence-electron chi connectivity index (χ0n) is 9.53. The summed E-state index contributed by atoms with van der Waals surface area (Å²) in [7, 11) is 0. The van der Waals surface area contributed by atoms with Crippen LogP contribution in [0.25, 0.3) is 6.08 Å². The average molecular weight is 201 g/mol. The molecule has 0 aromatic heterocycles. The standard InChI is InChI=1S/C14H19N/c1-11(2)14-13(8-9-15-14)10-12-6-4-3-5-7-12/h3-7,10-11,14-15H,8-9H2,1-2H3/b13-10+. The van der Waals surface area contributed by atoms with Crippen LogP contribution in [0.1, 0.15) is 25.8 Å². The van der Waals surface area contributed by atoms with E-state index in [1.165, 1.54) is 12.0 Å². The molecular weight excluding hydrogens is 182 g/mol. The highest BCUT2D eigenvalue weighted by molar-refractivity contribution is 5.54. The second-order valence-corrected chi connectivity index (χ2v) is 4.56. The second kappa shape index (κ2) is 4.63. The minimum atomic E-state index is 0.574. The topological polar surface area (TPSA) is 12.0 Å². The van der Waals surface area contributed by atoms with Gasteiger partial charge in [0.15, 0.2) is 0 Å². The highest BCUT2D eigenvalue weighted by Gasteiger charge is 2.22. The maximum atomic E-state index is 3.56. The van der Waals surface area contributed by atoms with Crippen molar-refractivity contribution >= 4 is 6.08 Å². The van der Waals surface area contributed by atoms with Crippen LogP contribution in [0.2, 0.25) is 0 Å². The quantitative estimate of drug-likeness (QED) is 0.775. The first-order valence-electron chi connectivity index (χ1n) is 5.76. The van der Waals surface area contributed by atoms with E-state index in [-0.39, 0.29) is 0 Å². The van der Waals surface area contributed by atoms with Crippen LogP contribution in [0, 0.1) is 5.92 Å². The number of nitrogens with one attached hydrogen (secondary N) is 1. The van der Waals surface area contributed by atoms with Gasteiger partial charge in [-0.2, -0.15) is 0 Å². The summed E-state index contributed by atoms with van der Waals surface area (Å²) in [5, 5.41) is 3.56. The molecule has 15 heavy (non-hydrogen) atoms. The molecule has 0 bridgehead atoms. The van der Waals surface area contributed by atoms with E-state index in [1.807, 2.05) is 0 Å². The molecule has 1 aromatic carbocycles. The van der Waals surface area contributed by atoms with Gasteiger partial charge < -0.3 is 5.32 Å². The molecule has 0 radical (unpaired) electrons. The fraction of sp³-hybridized carbons (Fsp3) is 0.429. The zero-order chi connectivity index (χ0) is 10.7. The summed E-state index contributed by atoms with van der Waals surface area (Å²) < 4.78 is 0. The highest BCUT2D eigenvalue weighted by atomic mass is 14.9. The summed E-state index contributed by atoms with van der Waals surface area (Å²) in [4.78, 5) is 0. The van der Waals surface area contributed by atoms with Crippen molar-refractivity contribution < 1.29 is 0 Å². The van der Waals surface area contributed by atoms with Crippen molar-refractivity contribution in [2.75, 3.05) is 6.54 Å². The average Bonchev–Trinajstić information content (AvgIpc) is 2.67. The Kier molecular flexibility index (Phi) is 3.22. The van der Waals surface area contributed by atoms with Gasteiger partial charge in [-0.3, -0.25) is 0 Å². The molecular formula is C14H19N. The third-order valence-corrected chi connectivity index (χ3v) is 3.00. The zero-order valence-corrected chi connectivity index (χ0v) is 9.53. The van der Waals surface area contributed by atoms with E-state index >= 15 is 0 Å². The van der Waals surface area contributed by atoms with Gasteiger partial charge in [0.25, 0.3) is 0 Å². The third-order valence-electron chi connectivity index (χ3n) is 3.00. The maximum absolute atomic E-state index is 3.56. The first-order valence-corrected chi connectivity index (χ1v) is 5.76. The highest BCUT2D eigenvalue weighted by Crippen LogP contribution is 2.23. The summed E-state index contributed by atoms with van der Waals surface area (Å²) in [6.45, 7) is 5.69. The normalized spacial score (nSPS) is 23.9. The molecule has 1 fully saturated rings. The summed E-state index contributed by atoms with van der Waals surface area (Å²) in [6, 6.07) is 11.2. The van der Waals surface area contributed by atoms with Gasteiger partial charge in [0, 0.05) is 6.04 Å². The van der Waals surface area contributed by atoms with Crippen molar-refractivity contribution in [1.29, 1.82) is 0 Å². The Morgan fingerprint density at radius 2 is 2.00 bits per heavy atom. The lowest BCUT2D eigenvalue weighted by molar-refractivity contribution is 0.501. The van der Waals surface area contributed by atoms with Crippen LogP contribution in [0.15, 0.2) is 35.9 Å². The molecule has 1 nitrogen and oxygen atoms in total. The Bertz CT molecular complexity index is 338. The number of hydrogen-bond acceptors (Lipinski definition) is 1. The first-order chi connectivity index (χ1) is 7.27. The Morgan fingerprint density at radius 3 is 2.67 bits per heavy atom. The fourth-order valence-corrected chi connectivity index (χ4v) is 2.25. The predicted octanol–water partition coefficient (Wildman–Crippen LogP) is 3.09. The molecule has 1 N–H and O–H groups in total. The molecule has 0 spiro atoms. The SMILES string of the molecule is CC(C)C1NCC/C1=C\c1ccccc1. The Labute approximate surface area is 92.2 Å². The van der Waals surface area contributed by atoms with Crippen molar-refractivity contribution in [3.8, 4) is 0 Å². The summed E-state index contributed by atoms with van der Waals surface area (Å²) >= 11 is 0. The molecule has 1 unspecified atom stereocenters. The molecule has 1 saturated heterocycles. The smallest absolute Gasteiger partial charge is 0.0306 e. The molecule has 1 aromatic rings. The minimum absolute atomic E-state index is 0.574. The lowest BCUT2D eigenvalue weighted by atomic mass is 9.96. The van der Waals surface area contributed by atoms with Crippen LogP contribution in [-0.2, 0) is 0 Å². The van der Waals surface area contributed by atoms with Gasteiger partial charge in [0.1, 0.15) is 0 Å². The predicted molar refractivity (Wildman–Crippen MR) is 65.7 cm³/mol. The van der Waals surface area contributed by atoms with Gasteiger partial charge >= 0.3 is 0 Å². The summed E-state index contributed by atoms with van der Waals surface area (Å²) in [5.41, 5.74) is 2.87. The molecule has 0 aliphatic carbocycles. The first kappa shape index (κ1) is 10.4. The van der Waals surface area contributed by atoms with Crippen LogP contribution >= 0.6 is 0 Å². The van der Waals surface area contributed by atoms with E-state index in [4.69, 9.17) is 0 Å². The molecule has 0 amide bonds. The van der Waals surface area contributed by atoms with Gasteiger partial charge in [-0.15, -0.1) is 0 Å². The molecule has 1 atom stereocenters. The van der Waals surface area contributed by atoms with Gasteiger partial charge in [-0.1, -0.05) is 55.8 Å². The maximum Gasteiger partial charge on any atom is 0.0306 e. The number of rotatable bonds is 2. The van der Waals surface area contributed by atoms with E-state index < -0.39 is 0 Å². The Hall–Kier alpha value is -1.08. The molecule has 80 valence electrons. The Morgan fingerprint density at radius 1 is 1.27 bits per heavy atom. The van der Waals surface area contributed by atoms with Crippen molar-refractivity contribution in [2.24, 2.45) is 5.92 Å². The van der Waals surface area contributed by atoms with E-state index in [1.54, 1.807) is 5.57 Å². The van der Waals surface area contributed by atoms with Crippen LogP contribution in [0.4, 0.5) is 0 Å². The van der Waals surface area contributed by atoms with Crippen molar-refractivity contribution in [3.63, 3.8) is 0 Å². The molecule has 1 aliphatic heterocycles. The molecule has 1 heterocycles. The van der Waals surface area contributed by atoms with Crippen LogP contribution in [0.3, 0.4) is 0 Å². The second-order valence-electron chi connectivity index (χ2n) is 4.56. The molecule has 2 rings (SSSR count). The largest absolute Gasteiger partial charge is 0.310 e. The van der Waals surface area contributed by atoms with E-state index in [2.05, 4.69) is 55.6 Å². The third kappa shape index (κ3) is 2.48. The minimum Gasteiger partial charge on any atom is -0.310 e. The van der Waals surface area contributed by atoms with E-state index in [0.29, 0.717) is 12.0 Å². The van der Waals surface area contributed by atoms with E-state index in [0.717, 1.165) is 6.54 Å². The fourth-order valence-electron chi connectivity index (χ4n) is 2.25. The van der Waals surface area contributed by atoms with E-state index in [9.17, 15) is 0 Å². The number of benzene rings is 1. The van der Waals surface area contributed by atoms with Gasteiger partial charge in [-0.05, 0) is 24.4 Å². The van der Waals surface area contributed by atoms with Gasteiger partial charge in [0.05, 0.1) is 0 Å². The van der Waals surface area contributed by atoms with Crippen molar-refractivity contribution in [3.05, 3.63) is 41.5 Å². The molecule has 1 aliphatic rings. The summed E-state index contributed by atoms with van der Waals surface area (Å²) in [6.07, 6.45) is 3.53. The number of hydrogen-bond donors (Lipinski definition) is 1. The summed E-state index contributed by atoms with van der Waals surface area (Å²) in [5.74, 6) is 0.683. The van der Waals surface area contributed by atoms with Crippen LogP contribution in [0.5, 0.6) is 0 Å². The van der Waals surface area contributed by atoms with Crippen molar-refractivity contribution in [2.45, 2.75) is 26.3 Å².